The minimum absolute atomic E-state index is 0. The van der Waals surface area contributed by atoms with Crippen LogP contribution in [0.25, 0.3) is 0 Å². The number of primary sulfonamides is 1. The average Bonchev–Trinajstić information content (AvgIpc) is 2.44. The first-order valence-corrected chi connectivity index (χ1v) is 9.01. The van der Waals surface area contributed by atoms with Crippen molar-refractivity contribution in [1.29, 1.82) is 0 Å². The van der Waals surface area contributed by atoms with E-state index in [1.165, 1.54) is 6.07 Å². The maximum absolute atomic E-state index is 11.3. The zero-order valence-electron chi connectivity index (χ0n) is 13.9. The average molecular weight is 454 g/mol. The Kier molecular flexibility index (Phi) is 10.4. The van der Waals surface area contributed by atoms with Gasteiger partial charge in [0.1, 0.15) is 0 Å². The van der Waals surface area contributed by atoms with E-state index in [4.69, 9.17) is 5.14 Å². The highest BCUT2D eigenvalue weighted by Gasteiger charge is 2.07. The lowest BCUT2D eigenvalue weighted by molar-refractivity contribution is 0.573. The second-order valence-corrected chi connectivity index (χ2v) is 7.06. The van der Waals surface area contributed by atoms with Crippen LogP contribution in [-0.4, -0.2) is 27.5 Å². The van der Waals surface area contributed by atoms with E-state index in [0.717, 1.165) is 31.0 Å². The third-order valence-corrected chi connectivity index (χ3v) is 3.92. The molecule has 0 aromatic heterocycles. The molecule has 0 spiro atoms. The van der Waals surface area contributed by atoms with Gasteiger partial charge in [-0.2, -0.15) is 0 Å². The molecule has 0 saturated carbocycles. The van der Waals surface area contributed by atoms with Crippen LogP contribution in [0.3, 0.4) is 0 Å². The van der Waals surface area contributed by atoms with E-state index in [9.17, 15) is 8.42 Å². The molecule has 0 amide bonds. The minimum atomic E-state index is -3.68. The van der Waals surface area contributed by atoms with Crippen molar-refractivity contribution in [2.75, 3.05) is 13.1 Å². The van der Waals surface area contributed by atoms with Gasteiger partial charge in [0.05, 0.1) is 11.4 Å². The van der Waals surface area contributed by atoms with Crippen LogP contribution in [0.2, 0.25) is 0 Å². The molecule has 0 aliphatic carbocycles. The van der Waals surface area contributed by atoms with Crippen molar-refractivity contribution in [1.82, 2.24) is 10.6 Å². The van der Waals surface area contributed by atoms with Crippen molar-refractivity contribution < 1.29 is 8.42 Å². The number of rotatable bonds is 7. The smallest absolute Gasteiger partial charge is 0.238 e. The number of nitrogens with one attached hydrogen (secondary N) is 2. The zero-order chi connectivity index (χ0) is 16.6. The number of guanidine groups is 1. The number of aliphatic imine (C=N–C) groups is 1. The van der Waals surface area contributed by atoms with Gasteiger partial charge in [-0.1, -0.05) is 26.0 Å². The zero-order valence-corrected chi connectivity index (χ0v) is 17.0. The van der Waals surface area contributed by atoms with E-state index in [-0.39, 0.29) is 28.9 Å². The van der Waals surface area contributed by atoms with Crippen LogP contribution < -0.4 is 15.8 Å². The normalized spacial score (nSPS) is 12.0. The molecular weight excluding hydrogens is 427 g/mol. The molecule has 0 aliphatic rings. The van der Waals surface area contributed by atoms with E-state index >= 15 is 0 Å². The van der Waals surface area contributed by atoms with Crippen LogP contribution in [0.5, 0.6) is 0 Å². The van der Waals surface area contributed by atoms with Crippen LogP contribution in [0.4, 0.5) is 0 Å². The fourth-order valence-electron chi connectivity index (χ4n) is 1.81. The first kappa shape index (κ1) is 22.1. The summed E-state index contributed by atoms with van der Waals surface area (Å²) in [6, 6.07) is 6.53. The number of sulfonamides is 1. The van der Waals surface area contributed by atoms with Crippen LogP contribution in [0, 0.1) is 5.92 Å². The summed E-state index contributed by atoms with van der Waals surface area (Å²) in [4.78, 5) is 4.57. The Morgan fingerprint density at radius 2 is 2.00 bits per heavy atom. The molecule has 6 nitrogen and oxygen atoms in total. The van der Waals surface area contributed by atoms with Gasteiger partial charge >= 0.3 is 0 Å². The van der Waals surface area contributed by atoms with E-state index in [1.807, 2.05) is 13.0 Å². The lowest BCUT2D eigenvalue weighted by Gasteiger charge is -2.12. The third kappa shape index (κ3) is 9.11. The summed E-state index contributed by atoms with van der Waals surface area (Å²) in [5.41, 5.74) is 0.799. The highest BCUT2D eigenvalue weighted by atomic mass is 127. The van der Waals surface area contributed by atoms with Gasteiger partial charge in [0.15, 0.2) is 5.96 Å². The summed E-state index contributed by atoms with van der Waals surface area (Å²) in [6.07, 6.45) is 1.06. The van der Waals surface area contributed by atoms with Crippen molar-refractivity contribution >= 4 is 40.0 Å². The molecule has 0 atom stereocenters. The second-order valence-electron chi connectivity index (χ2n) is 5.50. The SMILES string of the molecule is CCNC(=NCc1cccc(S(N)(=O)=O)c1)NCCC(C)C.I. The molecule has 0 unspecified atom stereocenters. The number of nitrogens with two attached hydrogens (primary N) is 1. The molecule has 8 heteroatoms. The Labute approximate surface area is 156 Å². The number of hydrogen-bond donors (Lipinski definition) is 3. The van der Waals surface area contributed by atoms with E-state index in [0.29, 0.717) is 12.5 Å². The van der Waals surface area contributed by atoms with Gasteiger partial charge in [-0.05, 0) is 37.0 Å². The van der Waals surface area contributed by atoms with E-state index in [1.54, 1.807) is 12.1 Å². The maximum Gasteiger partial charge on any atom is 0.238 e. The molecule has 0 saturated heterocycles. The van der Waals surface area contributed by atoms with Crippen LogP contribution in [0.15, 0.2) is 34.2 Å². The molecule has 0 fully saturated rings. The van der Waals surface area contributed by atoms with Gasteiger partial charge in [0, 0.05) is 13.1 Å². The van der Waals surface area contributed by atoms with Gasteiger partial charge < -0.3 is 10.6 Å². The molecule has 23 heavy (non-hydrogen) atoms. The summed E-state index contributed by atoms with van der Waals surface area (Å²) in [5.74, 6) is 1.35. The lowest BCUT2D eigenvalue weighted by atomic mass is 10.1. The fraction of sp³-hybridized carbons (Fsp3) is 0.533. The summed E-state index contributed by atoms with van der Waals surface area (Å²) in [7, 11) is -3.68. The Balaban J connectivity index is 0.00000484. The van der Waals surface area contributed by atoms with Crippen LogP contribution in [-0.2, 0) is 16.6 Å². The van der Waals surface area contributed by atoms with Gasteiger partial charge in [-0.15, -0.1) is 24.0 Å². The summed E-state index contributed by atoms with van der Waals surface area (Å²) in [6.45, 7) is 8.35. The molecule has 1 aromatic rings. The third-order valence-electron chi connectivity index (χ3n) is 3.01. The molecule has 0 bridgehead atoms. The Morgan fingerprint density at radius 3 is 2.57 bits per heavy atom. The topological polar surface area (TPSA) is 96.6 Å². The number of nitrogens with zero attached hydrogens (tertiary/aromatic N) is 1. The number of hydrogen-bond acceptors (Lipinski definition) is 3. The molecule has 0 aliphatic heterocycles. The largest absolute Gasteiger partial charge is 0.357 e. The molecule has 1 rings (SSSR count). The molecule has 0 heterocycles. The van der Waals surface area contributed by atoms with Gasteiger partial charge in [0.2, 0.25) is 10.0 Å². The van der Waals surface area contributed by atoms with Gasteiger partial charge in [-0.3, -0.25) is 0 Å². The van der Waals surface area contributed by atoms with Crippen molar-refractivity contribution in [2.24, 2.45) is 16.0 Å². The Bertz CT molecular complexity index is 603. The number of benzene rings is 1. The molecule has 0 radical (unpaired) electrons. The first-order valence-electron chi connectivity index (χ1n) is 7.47. The molecule has 1 aromatic carbocycles. The Hall–Kier alpha value is -0.870. The maximum atomic E-state index is 11.3. The highest BCUT2D eigenvalue weighted by Crippen LogP contribution is 2.10. The first-order chi connectivity index (χ1) is 10.3. The van der Waals surface area contributed by atoms with E-state index in [2.05, 4.69) is 29.5 Å². The van der Waals surface area contributed by atoms with Crippen LogP contribution in [0.1, 0.15) is 32.8 Å². The van der Waals surface area contributed by atoms with E-state index < -0.39 is 10.0 Å². The minimum Gasteiger partial charge on any atom is -0.357 e. The molecule has 132 valence electrons. The van der Waals surface area contributed by atoms with Crippen molar-refractivity contribution in [3.05, 3.63) is 29.8 Å². The monoisotopic (exact) mass is 454 g/mol. The highest BCUT2D eigenvalue weighted by molar-refractivity contribution is 14.0. The summed E-state index contributed by atoms with van der Waals surface area (Å²) in [5, 5.41) is 11.6. The van der Waals surface area contributed by atoms with Gasteiger partial charge in [-0.25, -0.2) is 18.5 Å². The molecular formula is C15H27IN4O2S. The Morgan fingerprint density at radius 1 is 1.30 bits per heavy atom. The molecule has 4 N–H and O–H groups in total. The van der Waals surface area contributed by atoms with Crippen molar-refractivity contribution in [3.63, 3.8) is 0 Å². The number of halogens is 1. The summed E-state index contributed by atoms with van der Waals surface area (Å²) >= 11 is 0. The standard InChI is InChI=1S/C15H26N4O2S.HI/c1-4-17-15(18-9-8-12(2)3)19-11-13-6-5-7-14(10-13)22(16,20)21;/h5-7,10,12H,4,8-9,11H2,1-3H3,(H2,16,20,21)(H2,17,18,19);1H. The predicted octanol–water partition coefficient (Wildman–Crippen LogP) is 2.05. The summed E-state index contributed by atoms with van der Waals surface area (Å²) < 4.78 is 22.7. The second kappa shape index (κ2) is 10.8. The van der Waals surface area contributed by atoms with Crippen LogP contribution >= 0.6 is 24.0 Å². The van der Waals surface area contributed by atoms with Gasteiger partial charge in [0.25, 0.3) is 0 Å². The lowest BCUT2D eigenvalue weighted by Crippen LogP contribution is -2.38. The van der Waals surface area contributed by atoms with Crippen molar-refractivity contribution in [3.8, 4) is 0 Å². The quantitative estimate of drug-likeness (QED) is 0.334. The predicted molar refractivity (Wildman–Crippen MR) is 106 cm³/mol. The fourth-order valence-corrected chi connectivity index (χ4v) is 2.40. The van der Waals surface area contributed by atoms with Crippen molar-refractivity contribution in [2.45, 2.75) is 38.6 Å².